The van der Waals surface area contributed by atoms with Crippen LogP contribution in [-0.4, -0.2) is 23.7 Å². The van der Waals surface area contributed by atoms with Crippen LogP contribution in [0.4, 0.5) is 10.1 Å². The van der Waals surface area contributed by atoms with Crippen molar-refractivity contribution in [2.24, 2.45) is 0 Å². The lowest BCUT2D eigenvalue weighted by atomic mass is 9.86. The summed E-state index contributed by atoms with van der Waals surface area (Å²) >= 11 is 0. The molecule has 0 saturated heterocycles. The van der Waals surface area contributed by atoms with Crippen LogP contribution in [0.2, 0.25) is 0 Å². The first kappa shape index (κ1) is 20.4. The lowest BCUT2D eigenvalue weighted by molar-refractivity contribution is -0.137. The van der Waals surface area contributed by atoms with Gasteiger partial charge in [-0.1, -0.05) is 30.2 Å². The fourth-order valence-corrected chi connectivity index (χ4v) is 3.51. The van der Waals surface area contributed by atoms with Crippen LogP contribution in [0.15, 0.2) is 42.5 Å². The Hall–Kier alpha value is -3.33. The molecular formula is C23H22FNO4. The highest BCUT2D eigenvalue weighted by Crippen LogP contribution is 2.42. The van der Waals surface area contributed by atoms with Gasteiger partial charge in [0, 0.05) is 0 Å². The fraction of sp³-hybridized carbons (Fsp3) is 0.304. The van der Waals surface area contributed by atoms with Gasteiger partial charge in [-0.25, -0.2) is 4.39 Å². The number of benzene rings is 2. The van der Waals surface area contributed by atoms with Crippen molar-refractivity contribution in [3.8, 4) is 17.6 Å². The highest BCUT2D eigenvalue weighted by Gasteiger charge is 2.45. The van der Waals surface area contributed by atoms with E-state index in [0.717, 1.165) is 5.56 Å². The van der Waals surface area contributed by atoms with E-state index in [0.29, 0.717) is 11.3 Å². The van der Waals surface area contributed by atoms with Gasteiger partial charge in [-0.3, -0.25) is 14.5 Å². The molecule has 0 bridgehead atoms. The van der Waals surface area contributed by atoms with Gasteiger partial charge < -0.3 is 9.84 Å². The molecule has 1 aliphatic rings. The summed E-state index contributed by atoms with van der Waals surface area (Å²) in [5.41, 5.74) is 0.826. The van der Waals surface area contributed by atoms with Gasteiger partial charge in [0.25, 0.3) is 0 Å². The quantitative estimate of drug-likeness (QED) is 0.749. The number of carboxylic acid groups (broad SMARTS) is 1. The Labute approximate surface area is 169 Å². The Kier molecular flexibility index (Phi) is 5.60. The number of para-hydroxylation sites is 1. The summed E-state index contributed by atoms with van der Waals surface area (Å²) in [7, 11) is 0. The number of hydrogen-bond donors (Lipinski definition) is 1. The summed E-state index contributed by atoms with van der Waals surface area (Å²) in [5, 5.41) is 9.04. The van der Waals surface area contributed by atoms with Gasteiger partial charge in [-0.2, -0.15) is 0 Å². The van der Waals surface area contributed by atoms with Crippen LogP contribution >= 0.6 is 0 Å². The molecule has 3 rings (SSSR count). The summed E-state index contributed by atoms with van der Waals surface area (Å²) in [5.74, 6) is 4.11. The summed E-state index contributed by atoms with van der Waals surface area (Å²) < 4.78 is 20.1. The molecule has 0 aromatic heterocycles. The average molecular weight is 395 g/mol. The van der Waals surface area contributed by atoms with Gasteiger partial charge in [0.15, 0.2) is 6.73 Å². The molecule has 1 atom stereocenters. The third kappa shape index (κ3) is 3.95. The minimum Gasteiger partial charge on any atom is -0.481 e. The predicted octanol–water partition coefficient (Wildman–Crippen LogP) is 4.07. The number of carbonyl (C=O) groups is 2. The number of amides is 1. The van der Waals surface area contributed by atoms with Gasteiger partial charge in [0.05, 0.1) is 23.4 Å². The molecule has 1 heterocycles. The molecule has 2 aromatic rings. The number of ether oxygens (including phenoxy) is 1. The Bertz CT molecular complexity index is 1000. The molecule has 150 valence electrons. The standard InChI is InChI=1S/C23H22FNO4/c1-4-6-16(13-20(26)27)15-9-11-17(12-10-15)29-14-25-21-18(7-5-8-19(21)24)23(2,3)22(25)28/h5,7-12,16H,13-14H2,1-3H3,(H,26,27). The molecule has 0 fully saturated rings. The van der Waals surface area contributed by atoms with E-state index < -0.39 is 23.1 Å². The number of aliphatic carboxylic acids is 1. The van der Waals surface area contributed by atoms with Crippen LogP contribution in [0, 0.1) is 17.7 Å². The Balaban J connectivity index is 1.76. The zero-order valence-corrected chi connectivity index (χ0v) is 16.5. The predicted molar refractivity (Wildman–Crippen MR) is 107 cm³/mol. The molecule has 0 saturated carbocycles. The van der Waals surface area contributed by atoms with E-state index in [1.165, 1.54) is 11.0 Å². The van der Waals surface area contributed by atoms with Crippen molar-refractivity contribution in [1.29, 1.82) is 0 Å². The van der Waals surface area contributed by atoms with Crippen LogP contribution in [0.3, 0.4) is 0 Å². The summed E-state index contributed by atoms with van der Waals surface area (Å²) in [6, 6.07) is 11.5. The monoisotopic (exact) mass is 395 g/mol. The molecular weight excluding hydrogens is 373 g/mol. The summed E-state index contributed by atoms with van der Waals surface area (Å²) in [4.78, 5) is 25.1. The van der Waals surface area contributed by atoms with Crippen molar-refractivity contribution in [2.75, 3.05) is 11.6 Å². The smallest absolute Gasteiger partial charge is 0.304 e. The first-order valence-corrected chi connectivity index (χ1v) is 9.23. The molecule has 0 spiro atoms. The van der Waals surface area contributed by atoms with E-state index in [1.807, 2.05) is 0 Å². The molecule has 0 aliphatic carbocycles. The first-order valence-electron chi connectivity index (χ1n) is 9.23. The van der Waals surface area contributed by atoms with E-state index in [1.54, 1.807) is 57.2 Å². The molecule has 2 aromatic carbocycles. The maximum absolute atomic E-state index is 14.4. The molecule has 1 aliphatic heterocycles. The average Bonchev–Trinajstić information content (AvgIpc) is 2.87. The summed E-state index contributed by atoms with van der Waals surface area (Å²) in [6.45, 7) is 5.07. The molecule has 29 heavy (non-hydrogen) atoms. The minimum atomic E-state index is -0.922. The largest absolute Gasteiger partial charge is 0.481 e. The fourth-order valence-electron chi connectivity index (χ4n) is 3.51. The molecule has 6 heteroatoms. The number of fused-ring (bicyclic) bond motifs is 1. The van der Waals surface area contributed by atoms with Crippen molar-refractivity contribution in [2.45, 2.75) is 38.5 Å². The second-order valence-corrected chi connectivity index (χ2v) is 7.38. The number of nitrogens with zero attached hydrogens (tertiary/aromatic N) is 1. The molecule has 0 radical (unpaired) electrons. The Morgan fingerprint density at radius 1 is 1.24 bits per heavy atom. The number of carboxylic acids is 1. The van der Waals surface area contributed by atoms with Crippen molar-refractivity contribution in [3.63, 3.8) is 0 Å². The van der Waals surface area contributed by atoms with Gasteiger partial charge in [-0.05, 0) is 50.1 Å². The maximum atomic E-state index is 14.4. The number of rotatable bonds is 6. The Morgan fingerprint density at radius 2 is 1.93 bits per heavy atom. The van der Waals surface area contributed by atoms with E-state index in [-0.39, 0.29) is 24.7 Å². The van der Waals surface area contributed by atoms with Crippen LogP contribution < -0.4 is 9.64 Å². The SMILES string of the molecule is CC#CC(CC(=O)O)c1ccc(OCN2C(=O)C(C)(C)c3cccc(F)c32)cc1. The van der Waals surface area contributed by atoms with Crippen LogP contribution in [0.25, 0.3) is 0 Å². The zero-order valence-electron chi connectivity index (χ0n) is 16.5. The van der Waals surface area contributed by atoms with Crippen LogP contribution in [-0.2, 0) is 15.0 Å². The van der Waals surface area contributed by atoms with Crippen LogP contribution in [0.1, 0.15) is 44.2 Å². The van der Waals surface area contributed by atoms with E-state index in [2.05, 4.69) is 11.8 Å². The molecule has 1 unspecified atom stereocenters. The topological polar surface area (TPSA) is 66.8 Å². The van der Waals surface area contributed by atoms with E-state index in [4.69, 9.17) is 9.84 Å². The van der Waals surface area contributed by atoms with E-state index >= 15 is 0 Å². The van der Waals surface area contributed by atoms with Gasteiger partial charge in [-0.15, -0.1) is 5.92 Å². The van der Waals surface area contributed by atoms with Crippen molar-refractivity contribution >= 4 is 17.6 Å². The lowest BCUT2D eigenvalue weighted by Crippen LogP contribution is -2.38. The summed E-state index contributed by atoms with van der Waals surface area (Å²) in [6.07, 6.45) is -0.0888. The second kappa shape index (κ2) is 7.96. The normalized spacial score (nSPS) is 15.3. The number of carbonyl (C=O) groups excluding carboxylic acids is 1. The Morgan fingerprint density at radius 3 is 2.55 bits per heavy atom. The van der Waals surface area contributed by atoms with Gasteiger partial charge in [0.1, 0.15) is 11.6 Å². The van der Waals surface area contributed by atoms with Crippen molar-refractivity contribution in [1.82, 2.24) is 0 Å². The van der Waals surface area contributed by atoms with Gasteiger partial charge in [0.2, 0.25) is 5.91 Å². The zero-order chi connectivity index (χ0) is 21.2. The van der Waals surface area contributed by atoms with Crippen molar-refractivity contribution < 1.29 is 23.8 Å². The minimum absolute atomic E-state index is 0.0888. The van der Waals surface area contributed by atoms with Gasteiger partial charge >= 0.3 is 5.97 Å². The second-order valence-electron chi connectivity index (χ2n) is 7.38. The maximum Gasteiger partial charge on any atom is 0.304 e. The number of anilines is 1. The first-order chi connectivity index (χ1) is 13.8. The third-order valence-corrected chi connectivity index (χ3v) is 5.05. The molecule has 1 N–H and O–H groups in total. The van der Waals surface area contributed by atoms with Crippen molar-refractivity contribution in [3.05, 3.63) is 59.4 Å². The lowest BCUT2D eigenvalue weighted by Gasteiger charge is -2.21. The van der Waals surface area contributed by atoms with E-state index in [9.17, 15) is 14.0 Å². The number of hydrogen-bond acceptors (Lipinski definition) is 3. The molecule has 1 amide bonds. The molecule has 5 nitrogen and oxygen atoms in total. The third-order valence-electron chi connectivity index (χ3n) is 5.05. The van der Waals surface area contributed by atoms with Crippen LogP contribution in [0.5, 0.6) is 5.75 Å². The highest BCUT2D eigenvalue weighted by molar-refractivity contribution is 6.07. The number of halogens is 1. The highest BCUT2D eigenvalue weighted by atomic mass is 19.1.